The van der Waals surface area contributed by atoms with E-state index in [1.807, 2.05) is 51.9 Å². The van der Waals surface area contributed by atoms with Crippen LogP contribution in [0.4, 0.5) is 0 Å². The minimum absolute atomic E-state index is 0.00180. The number of rotatable bonds is 6. The normalized spacial score (nSPS) is 16.0. The second-order valence-corrected chi connectivity index (χ2v) is 10.9. The van der Waals surface area contributed by atoms with Gasteiger partial charge < -0.3 is 19.3 Å². The van der Waals surface area contributed by atoms with Crippen LogP contribution >= 0.6 is 0 Å². The SMILES string of the molecule is N#Cc1ccccc1-c1ccc(-c2c(C3CCCCC3)c3ccc(C(=O)O)cc3n2CC(=O)N2CCOCC2)cc1. The molecule has 1 amide bonds. The Kier molecular flexibility index (Phi) is 7.58. The van der Waals surface area contributed by atoms with Gasteiger partial charge in [-0.25, -0.2) is 4.79 Å². The van der Waals surface area contributed by atoms with Crippen molar-refractivity contribution in [3.05, 3.63) is 83.4 Å². The lowest BCUT2D eigenvalue weighted by molar-refractivity contribution is -0.135. The third-order valence-corrected chi connectivity index (χ3v) is 8.54. The lowest BCUT2D eigenvalue weighted by Crippen LogP contribution is -2.42. The fourth-order valence-corrected chi connectivity index (χ4v) is 6.48. The van der Waals surface area contributed by atoms with E-state index >= 15 is 0 Å². The van der Waals surface area contributed by atoms with Gasteiger partial charge in [0.2, 0.25) is 5.91 Å². The van der Waals surface area contributed by atoms with Crippen LogP contribution in [0.1, 0.15) is 59.5 Å². The molecule has 0 radical (unpaired) electrons. The number of aromatic nitrogens is 1. The summed E-state index contributed by atoms with van der Waals surface area (Å²) < 4.78 is 7.51. The van der Waals surface area contributed by atoms with Crippen LogP contribution in [0.25, 0.3) is 33.3 Å². The number of fused-ring (bicyclic) bond motifs is 1. The summed E-state index contributed by atoms with van der Waals surface area (Å²) in [4.78, 5) is 27.4. The number of carboxylic acid groups (broad SMARTS) is 1. The van der Waals surface area contributed by atoms with Crippen molar-refractivity contribution < 1.29 is 19.4 Å². The van der Waals surface area contributed by atoms with Crippen LogP contribution in [-0.2, 0) is 16.1 Å². The predicted octanol–water partition coefficient (Wildman–Crippen LogP) is 6.45. The molecule has 7 heteroatoms. The molecule has 6 rings (SSSR count). The summed E-state index contributed by atoms with van der Waals surface area (Å²) >= 11 is 0. The Balaban J connectivity index is 1.53. The van der Waals surface area contributed by atoms with Crippen LogP contribution < -0.4 is 0 Å². The highest BCUT2D eigenvalue weighted by Gasteiger charge is 2.29. The van der Waals surface area contributed by atoms with E-state index in [1.165, 1.54) is 12.0 Å². The molecule has 4 aromatic rings. The highest BCUT2D eigenvalue weighted by molar-refractivity contribution is 5.99. The van der Waals surface area contributed by atoms with Crippen molar-refractivity contribution in [3.8, 4) is 28.5 Å². The average molecular weight is 548 g/mol. The molecule has 1 aliphatic carbocycles. The lowest BCUT2D eigenvalue weighted by Gasteiger charge is -2.28. The smallest absolute Gasteiger partial charge is 0.335 e. The number of carbonyl (C=O) groups excluding carboxylic acids is 1. The summed E-state index contributed by atoms with van der Waals surface area (Å²) in [6.07, 6.45) is 5.66. The van der Waals surface area contributed by atoms with Crippen LogP contribution in [-0.4, -0.2) is 52.8 Å². The Hall–Kier alpha value is -4.41. The molecule has 1 aromatic heterocycles. The molecule has 0 spiro atoms. The number of hydrogen-bond donors (Lipinski definition) is 1. The molecule has 1 saturated carbocycles. The number of ether oxygens (including phenoxy) is 1. The molecular formula is C34H33N3O4. The molecule has 7 nitrogen and oxygen atoms in total. The third-order valence-electron chi connectivity index (χ3n) is 8.54. The molecule has 1 aliphatic heterocycles. The number of amides is 1. The molecule has 0 atom stereocenters. The first-order valence-electron chi connectivity index (χ1n) is 14.4. The molecule has 2 heterocycles. The monoisotopic (exact) mass is 547 g/mol. The van der Waals surface area contributed by atoms with E-state index < -0.39 is 5.97 Å². The number of morpholine rings is 1. The quantitative estimate of drug-likeness (QED) is 0.299. The molecule has 208 valence electrons. The largest absolute Gasteiger partial charge is 0.478 e. The highest BCUT2D eigenvalue weighted by Crippen LogP contribution is 2.44. The molecule has 1 N–H and O–H groups in total. The fourth-order valence-electron chi connectivity index (χ4n) is 6.48. The number of nitriles is 1. The molecule has 2 fully saturated rings. The van der Waals surface area contributed by atoms with Crippen molar-refractivity contribution in [2.75, 3.05) is 26.3 Å². The minimum Gasteiger partial charge on any atom is -0.478 e. The van der Waals surface area contributed by atoms with Gasteiger partial charge in [-0.3, -0.25) is 4.79 Å². The Morgan fingerprint density at radius 2 is 1.63 bits per heavy atom. The van der Waals surface area contributed by atoms with Gasteiger partial charge in [0.05, 0.1) is 41.6 Å². The molecular weight excluding hydrogens is 514 g/mol. The maximum atomic E-state index is 13.6. The van der Waals surface area contributed by atoms with Crippen molar-refractivity contribution in [1.29, 1.82) is 5.26 Å². The molecule has 2 aliphatic rings. The zero-order valence-corrected chi connectivity index (χ0v) is 23.0. The van der Waals surface area contributed by atoms with Gasteiger partial charge in [0.1, 0.15) is 6.54 Å². The first-order valence-corrected chi connectivity index (χ1v) is 14.4. The van der Waals surface area contributed by atoms with E-state index in [0.29, 0.717) is 37.8 Å². The van der Waals surface area contributed by atoms with Gasteiger partial charge >= 0.3 is 5.97 Å². The summed E-state index contributed by atoms with van der Waals surface area (Å²) in [5.41, 5.74) is 6.60. The summed E-state index contributed by atoms with van der Waals surface area (Å²) in [5.74, 6) is -0.655. The molecule has 3 aromatic carbocycles. The number of aromatic carboxylic acids is 1. The van der Waals surface area contributed by atoms with E-state index in [2.05, 4.69) is 18.2 Å². The van der Waals surface area contributed by atoms with E-state index in [4.69, 9.17) is 4.74 Å². The summed E-state index contributed by atoms with van der Waals surface area (Å²) in [6, 6.07) is 23.4. The van der Waals surface area contributed by atoms with Crippen LogP contribution in [0.15, 0.2) is 66.7 Å². The Morgan fingerprint density at radius 3 is 2.34 bits per heavy atom. The summed E-state index contributed by atoms with van der Waals surface area (Å²) in [6.45, 7) is 2.27. The van der Waals surface area contributed by atoms with Crippen molar-refractivity contribution in [3.63, 3.8) is 0 Å². The van der Waals surface area contributed by atoms with Crippen molar-refractivity contribution in [2.24, 2.45) is 0 Å². The second kappa shape index (κ2) is 11.6. The van der Waals surface area contributed by atoms with Crippen LogP contribution in [0.2, 0.25) is 0 Å². The Morgan fingerprint density at radius 1 is 0.927 bits per heavy atom. The molecule has 0 unspecified atom stereocenters. The first-order chi connectivity index (χ1) is 20.0. The number of carbonyl (C=O) groups is 2. The van der Waals surface area contributed by atoms with E-state index in [9.17, 15) is 20.0 Å². The van der Waals surface area contributed by atoms with E-state index in [0.717, 1.165) is 59.0 Å². The van der Waals surface area contributed by atoms with Crippen LogP contribution in [0.3, 0.4) is 0 Å². The van der Waals surface area contributed by atoms with Crippen molar-refractivity contribution >= 4 is 22.8 Å². The second-order valence-electron chi connectivity index (χ2n) is 10.9. The van der Waals surface area contributed by atoms with Crippen LogP contribution in [0, 0.1) is 11.3 Å². The maximum Gasteiger partial charge on any atom is 0.335 e. The Labute approximate surface area is 239 Å². The summed E-state index contributed by atoms with van der Waals surface area (Å²) in [5, 5.41) is 20.5. The first kappa shape index (κ1) is 26.8. The van der Waals surface area contributed by atoms with Gasteiger partial charge in [-0.05, 0) is 59.2 Å². The zero-order chi connectivity index (χ0) is 28.3. The van der Waals surface area contributed by atoms with Gasteiger partial charge in [0.25, 0.3) is 0 Å². The van der Waals surface area contributed by atoms with E-state index in [-0.39, 0.29) is 18.0 Å². The zero-order valence-electron chi connectivity index (χ0n) is 23.0. The molecule has 1 saturated heterocycles. The van der Waals surface area contributed by atoms with Gasteiger partial charge in [0, 0.05) is 18.5 Å². The maximum absolute atomic E-state index is 13.6. The number of benzene rings is 3. The predicted molar refractivity (Wildman–Crippen MR) is 158 cm³/mol. The van der Waals surface area contributed by atoms with Crippen LogP contribution in [0.5, 0.6) is 0 Å². The fraction of sp³-hybridized carbons (Fsp3) is 0.324. The highest BCUT2D eigenvalue weighted by atomic mass is 16.5. The van der Waals surface area contributed by atoms with E-state index in [1.54, 1.807) is 12.1 Å². The standard InChI is InChI=1S/C34H33N3O4/c35-21-27-8-4-5-9-28(27)23-10-12-25(13-11-23)33-32(24-6-2-1-3-7-24)29-15-14-26(34(39)40)20-30(29)37(33)22-31(38)36-16-18-41-19-17-36/h4-5,8-15,20,24H,1-3,6-7,16-19,22H2,(H,39,40). The minimum atomic E-state index is -0.986. The van der Waals surface area contributed by atoms with Gasteiger partial charge in [0.15, 0.2) is 0 Å². The molecule has 41 heavy (non-hydrogen) atoms. The van der Waals surface area contributed by atoms with Gasteiger partial charge in [-0.2, -0.15) is 5.26 Å². The number of nitrogens with zero attached hydrogens (tertiary/aromatic N) is 3. The third kappa shape index (κ3) is 5.23. The van der Waals surface area contributed by atoms with Gasteiger partial charge in [-0.1, -0.05) is 67.8 Å². The molecule has 0 bridgehead atoms. The summed E-state index contributed by atoms with van der Waals surface area (Å²) in [7, 11) is 0. The average Bonchev–Trinajstić information content (AvgIpc) is 3.35. The van der Waals surface area contributed by atoms with Crippen molar-refractivity contribution in [2.45, 2.75) is 44.6 Å². The number of carboxylic acids is 1. The van der Waals surface area contributed by atoms with Gasteiger partial charge in [-0.15, -0.1) is 0 Å². The Bertz CT molecular complexity index is 1640. The lowest BCUT2D eigenvalue weighted by atomic mass is 9.81. The van der Waals surface area contributed by atoms with Crippen molar-refractivity contribution in [1.82, 2.24) is 9.47 Å². The number of hydrogen-bond acceptors (Lipinski definition) is 4. The topological polar surface area (TPSA) is 95.6 Å².